The average Bonchev–Trinajstić information content (AvgIpc) is 2.62. The van der Waals surface area contributed by atoms with Crippen molar-refractivity contribution in [1.29, 1.82) is 0 Å². The second-order valence-corrected chi connectivity index (χ2v) is 6.22. The van der Waals surface area contributed by atoms with E-state index in [-0.39, 0.29) is 17.9 Å². The number of methoxy groups -OCH3 is 1. The van der Waals surface area contributed by atoms with Gasteiger partial charge in [0.15, 0.2) is 0 Å². The Kier molecular flexibility index (Phi) is 5.14. The van der Waals surface area contributed by atoms with Gasteiger partial charge in [-0.25, -0.2) is 4.79 Å². The Morgan fingerprint density at radius 3 is 2.56 bits per heavy atom. The van der Waals surface area contributed by atoms with Crippen LogP contribution in [0.3, 0.4) is 0 Å². The molecule has 0 fully saturated rings. The molecule has 130 valence electrons. The standard InChI is InChI=1S/C20H22N2O3/c1-14(23)21-17-9-7-15(8-10-17)13-22-12-11-16-5-3-4-6-18(16)19(22)20(24)25-2/h3-10,19H,11-13H2,1-2H3,(H,21,23)/t19-/m0/s1. The molecule has 0 saturated heterocycles. The van der Waals surface area contributed by atoms with Gasteiger partial charge in [-0.05, 0) is 35.2 Å². The van der Waals surface area contributed by atoms with Gasteiger partial charge in [-0.3, -0.25) is 9.69 Å². The van der Waals surface area contributed by atoms with Crippen LogP contribution in [-0.4, -0.2) is 30.4 Å². The zero-order valence-electron chi connectivity index (χ0n) is 14.5. The Morgan fingerprint density at radius 1 is 1.16 bits per heavy atom. The molecule has 25 heavy (non-hydrogen) atoms. The number of esters is 1. The fraction of sp³-hybridized carbons (Fsp3) is 0.300. The summed E-state index contributed by atoms with van der Waals surface area (Å²) in [4.78, 5) is 25.6. The summed E-state index contributed by atoms with van der Waals surface area (Å²) in [7, 11) is 1.43. The van der Waals surface area contributed by atoms with Gasteiger partial charge in [0.05, 0.1) is 7.11 Å². The first kappa shape index (κ1) is 17.2. The Morgan fingerprint density at radius 2 is 1.88 bits per heavy atom. The van der Waals surface area contributed by atoms with E-state index in [1.165, 1.54) is 19.6 Å². The van der Waals surface area contributed by atoms with E-state index in [0.29, 0.717) is 6.54 Å². The van der Waals surface area contributed by atoms with Crippen LogP contribution in [0.25, 0.3) is 0 Å². The second kappa shape index (κ2) is 7.49. The highest BCUT2D eigenvalue weighted by Crippen LogP contribution is 2.32. The number of carbonyl (C=O) groups excluding carboxylic acids is 2. The van der Waals surface area contributed by atoms with Crippen LogP contribution >= 0.6 is 0 Å². The van der Waals surface area contributed by atoms with Crippen molar-refractivity contribution in [2.45, 2.75) is 25.9 Å². The molecule has 1 heterocycles. The van der Waals surface area contributed by atoms with Crippen molar-refractivity contribution in [2.75, 3.05) is 19.0 Å². The fourth-order valence-electron chi connectivity index (χ4n) is 3.31. The minimum Gasteiger partial charge on any atom is -0.468 e. The molecular weight excluding hydrogens is 316 g/mol. The topological polar surface area (TPSA) is 58.6 Å². The highest BCUT2D eigenvalue weighted by molar-refractivity contribution is 5.88. The third-order valence-electron chi connectivity index (χ3n) is 4.47. The predicted molar refractivity (Wildman–Crippen MR) is 96.1 cm³/mol. The van der Waals surface area contributed by atoms with E-state index in [0.717, 1.165) is 29.8 Å². The van der Waals surface area contributed by atoms with E-state index in [9.17, 15) is 9.59 Å². The van der Waals surface area contributed by atoms with Gasteiger partial charge in [0.25, 0.3) is 0 Å². The van der Waals surface area contributed by atoms with Crippen LogP contribution in [-0.2, 0) is 27.3 Å². The van der Waals surface area contributed by atoms with Crippen molar-refractivity contribution >= 4 is 17.6 Å². The van der Waals surface area contributed by atoms with Crippen molar-refractivity contribution < 1.29 is 14.3 Å². The van der Waals surface area contributed by atoms with Gasteiger partial charge in [-0.1, -0.05) is 36.4 Å². The fourth-order valence-corrected chi connectivity index (χ4v) is 3.31. The highest BCUT2D eigenvalue weighted by Gasteiger charge is 2.33. The molecule has 5 nitrogen and oxygen atoms in total. The Bertz CT molecular complexity index is 771. The molecule has 0 spiro atoms. The van der Waals surface area contributed by atoms with Crippen LogP contribution in [0.4, 0.5) is 5.69 Å². The molecule has 3 rings (SSSR count). The maximum atomic E-state index is 12.4. The molecule has 0 aromatic heterocycles. The molecule has 0 radical (unpaired) electrons. The molecule has 1 aliphatic heterocycles. The van der Waals surface area contributed by atoms with Gasteiger partial charge in [0, 0.05) is 25.7 Å². The normalized spacial score (nSPS) is 16.8. The molecule has 1 N–H and O–H groups in total. The van der Waals surface area contributed by atoms with Crippen LogP contribution in [0, 0.1) is 0 Å². The average molecular weight is 338 g/mol. The maximum absolute atomic E-state index is 12.4. The van der Waals surface area contributed by atoms with Gasteiger partial charge in [0.1, 0.15) is 6.04 Å². The molecule has 0 bridgehead atoms. The van der Waals surface area contributed by atoms with E-state index in [1.807, 2.05) is 42.5 Å². The monoisotopic (exact) mass is 338 g/mol. The SMILES string of the molecule is COC(=O)[C@@H]1c2ccccc2CCN1Cc1ccc(NC(C)=O)cc1. The third-order valence-corrected chi connectivity index (χ3v) is 4.47. The summed E-state index contributed by atoms with van der Waals surface area (Å²) in [6, 6.07) is 15.4. The van der Waals surface area contributed by atoms with E-state index >= 15 is 0 Å². The molecule has 0 aliphatic carbocycles. The summed E-state index contributed by atoms with van der Waals surface area (Å²) in [5, 5.41) is 2.76. The molecule has 5 heteroatoms. The molecular formula is C20H22N2O3. The van der Waals surface area contributed by atoms with Crippen molar-refractivity contribution in [3.63, 3.8) is 0 Å². The quantitative estimate of drug-likeness (QED) is 0.871. The van der Waals surface area contributed by atoms with Crippen molar-refractivity contribution in [2.24, 2.45) is 0 Å². The van der Waals surface area contributed by atoms with Gasteiger partial charge in [0.2, 0.25) is 5.91 Å². The number of nitrogens with one attached hydrogen (secondary N) is 1. The number of rotatable bonds is 4. The largest absolute Gasteiger partial charge is 0.468 e. The van der Waals surface area contributed by atoms with Gasteiger partial charge in [-0.15, -0.1) is 0 Å². The van der Waals surface area contributed by atoms with Crippen LogP contribution < -0.4 is 5.32 Å². The Hall–Kier alpha value is -2.66. The maximum Gasteiger partial charge on any atom is 0.327 e. The number of anilines is 1. The summed E-state index contributed by atoms with van der Waals surface area (Å²) < 4.78 is 5.05. The number of hydrogen-bond donors (Lipinski definition) is 1. The summed E-state index contributed by atoms with van der Waals surface area (Å²) in [5.74, 6) is -0.326. The van der Waals surface area contributed by atoms with Gasteiger partial charge < -0.3 is 10.1 Å². The van der Waals surface area contributed by atoms with Crippen LogP contribution in [0.1, 0.15) is 29.7 Å². The smallest absolute Gasteiger partial charge is 0.327 e. The number of ether oxygens (including phenoxy) is 1. The number of fused-ring (bicyclic) bond motifs is 1. The number of amides is 1. The van der Waals surface area contributed by atoms with Crippen LogP contribution in [0.15, 0.2) is 48.5 Å². The number of benzene rings is 2. The zero-order chi connectivity index (χ0) is 17.8. The Labute approximate surface area is 147 Å². The molecule has 0 saturated carbocycles. The lowest BCUT2D eigenvalue weighted by atomic mass is 9.92. The van der Waals surface area contributed by atoms with Crippen LogP contribution in [0.5, 0.6) is 0 Å². The van der Waals surface area contributed by atoms with Crippen molar-refractivity contribution in [3.8, 4) is 0 Å². The van der Waals surface area contributed by atoms with E-state index in [4.69, 9.17) is 4.74 Å². The molecule has 0 unspecified atom stereocenters. The van der Waals surface area contributed by atoms with Crippen molar-refractivity contribution in [3.05, 3.63) is 65.2 Å². The number of carbonyl (C=O) groups is 2. The molecule has 2 aromatic rings. The van der Waals surface area contributed by atoms with Gasteiger partial charge >= 0.3 is 5.97 Å². The number of hydrogen-bond acceptors (Lipinski definition) is 4. The molecule has 1 atom stereocenters. The van der Waals surface area contributed by atoms with Crippen molar-refractivity contribution in [1.82, 2.24) is 4.90 Å². The van der Waals surface area contributed by atoms with Gasteiger partial charge in [-0.2, -0.15) is 0 Å². The molecule has 1 amide bonds. The Balaban J connectivity index is 1.81. The predicted octanol–water partition coefficient (Wildman–Crippen LogP) is 2.92. The highest BCUT2D eigenvalue weighted by atomic mass is 16.5. The van der Waals surface area contributed by atoms with Crippen LogP contribution in [0.2, 0.25) is 0 Å². The summed E-state index contributed by atoms with van der Waals surface area (Å²) >= 11 is 0. The summed E-state index contributed by atoms with van der Waals surface area (Å²) in [5.41, 5.74) is 4.08. The third kappa shape index (κ3) is 3.88. The summed E-state index contributed by atoms with van der Waals surface area (Å²) in [6.07, 6.45) is 0.910. The summed E-state index contributed by atoms with van der Waals surface area (Å²) in [6.45, 7) is 2.93. The minimum atomic E-state index is -0.384. The lowest BCUT2D eigenvalue weighted by Crippen LogP contribution is -2.39. The van der Waals surface area contributed by atoms with E-state index in [2.05, 4.69) is 16.3 Å². The second-order valence-electron chi connectivity index (χ2n) is 6.22. The lowest BCUT2D eigenvalue weighted by molar-refractivity contribution is -0.148. The van der Waals surface area contributed by atoms with E-state index < -0.39 is 0 Å². The molecule has 1 aliphatic rings. The molecule has 2 aromatic carbocycles. The van der Waals surface area contributed by atoms with E-state index in [1.54, 1.807) is 0 Å². The lowest BCUT2D eigenvalue weighted by Gasteiger charge is -2.35. The number of nitrogens with zero attached hydrogens (tertiary/aromatic N) is 1. The first-order chi connectivity index (χ1) is 12.1. The zero-order valence-corrected chi connectivity index (χ0v) is 14.5. The first-order valence-corrected chi connectivity index (χ1v) is 8.34. The first-order valence-electron chi connectivity index (χ1n) is 8.34. The minimum absolute atomic E-state index is 0.0915.